The number of amides is 1. The number of benzene rings is 2. The molecular formula is C16H18N2O2. The van der Waals surface area contributed by atoms with Crippen LogP contribution in [0.4, 0.5) is 0 Å². The maximum Gasteiger partial charge on any atom is 0.237 e. The molecule has 104 valence electrons. The Bertz CT molecular complexity index is 610. The zero-order chi connectivity index (χ0) is 14.4. The number of fused-ring (bicyclic) bond motifs is 1. The normalized spacial score (nSPS) is 12.1. The molecule has 1 amide bonds. The van der Waals surface area contributed by atoms with Gasteiger partial charge >= 0.3 is 0 Å². The molecule has 0 radical (unpaired) electrons. The number of rotatable bonds is 6. The van der Waals surface area contributed by atoms with Crippen LogP contribution in [-0.4, -0.2) is 31.8 Å². The first-order valence-electron chi connectivity index (χ1n) is 6.61. The van der Waals surface area contributed by atoms with E-state index in [2.05, 4.69) is 34.9 Å². The summed E-state index contributed by atoms with van der Waals surface area (Å²) in [7, 11) is 1.74. The number of nitrogens with one attached hydrogen (secondary N) is 2. The molecule has 0 aliphatic heterocycles. The Hall–Kier alpha value is -2.20. The first-order chi connectivity index (χ1) is 9.74. The van der Waals surface area contributed by atoms with Crippen LogP contribution in [0.5, 0.6) is 0 Å². The molecule has 2 N–H and O–H groups in total. The van der Waals surface area contributed by atoms with Gasteiger partial charge < -0.3 is 15.4 Å². The molecule has 4 heteroatoms. The van der Waals surface area contributed by atoms with Gasteiger partial charge in [-0.15, -0.1) is 0 Å². The highest BCUT2D eigenvalue weighted by Gasteiger charge is 2.16. The molecule has 20 heavy (non-hydrogen) atoms. The maximum absolute atomic E-state index is 11.9. The Balaban J connectivity index is 2.12. The summed E-state index contributed by atoms with van der Waals surface area (Å²) < 4.78 is 0. The highest BCUT2D eigenvalue weighted by Crippen LogP contribution is 2.16. The Kier molecular flexibility index (Phi) is 4.85. The van der Waals surface area contributed by atoms with Gasteiger partial charge in [-0.05, 0) is 29.8 Å². The van der Waals surface area contributed by atoms with E-state index in [1.165, 1.54) is 5.39 Å². The summed E-state index contributed by atoms with van der Waals surface area (Å²) >= 11 is 0. The van der Waals surface area contributed by atoms with Crippen LogP contribution in [0.3, 0.4) is 0 Å². The molecule has 0 saturated heterocycles. The lowest BCUT2D eigenvalue weighted by atomic mass is 10.0. The molecule has 4 nitrogen and oxygen atoms in total. The van der Waals surface area contributed by atoms with E-state index in [1.807, 2.05) is 18.2 Å². The van der Waals surface area contributed by atoms with Gasteiger partial charge in [0.15, 0.2) is 0 Å². The number of carbonyl (C=O) groups is 2. The first-order valence-corrected chi connectivity index (χ1v) is 6.61. The molecule has 0 aliphatic rings. The van der Waals surface area contributed by atoms with E-state index in [9.17, 15) is 9.59 Å². The van der Waals surface area contributed by atoms with E-state index < -0.39 is 0 Å². The van der Waals surface area contributed by atoms with Gasteiger partial charge in [-0.25, -0.2) is 0 Å². The lowest BCUT2D eigenvalue weighted by Gasteiger charge is -2.15. The smallest absolute Gasteiger partial charge is 0.237 e. The van der Waals surface area contributed by atoms with Gasteiger partial charge in [-0.2, -0.15) is 0 Å². The minimum atomic E-state index is -0.337. The summed E-state index contributed by atoms with van der Waals surface area (Å²) in [6, 6.07) is 14.0. The predicted molar refractivity (Wildman–Crippen MR) is 79.6 cm³/mol. The highest BCUT2D eigenvalue weighted by molar-refractivity contribution is 5.85. The molecule has 2 rings (SSSR count). The Morgan fingerprint density at radius 3 is 2.65 bits per heavy atom. The average Bonchev–Trinajstić information content (AvgIpc) is 2.50. The van der Waals surface area contributed by atoms with Gasteiger partial charge in [0.05, 0.1) is 12.6 Å². The molecule has 0 spiro atoms. The van der Waals surface area contributed by atoms with E-state index >= 15 is 0 Å². The number of carbonyl (C=O) groups excluding carboxylic acids is 2. The third-order valence-electron chi connectivity index (χ3n) is 3.28. The van der Waals surface area contributed by atoms with Crippen LogP contribution < -0.4 is 10.6 Å². The van der Waals surface area contributed by atoms with Gasteiger partial charge in [0, 0.05) is 0 Å². The highest BCUT2D eigenvalue weighted by atomic mass is 16.2. The van der Waals surface area contributed by atoms with Crippen molar-refractivity contribution in [2.24, 2.45) is 0 Å². The number of likely N-dealkylation sites (N-methyl/N-ethyl adjacent to an activating group) is 1. The van der Waals surface area contributed by atoms with Crippen molar-refractivity contribution in [1.82, 2.24) is 10.6 Å². The lowest BCUT2D eigenvalue weighted by Crippen LogP contribution is -2.44. The lowest BCUT2D eigenvalue weighted by molar-refractivity contribution is -0.124. The molecule has 0 aliphatic carbocycles. The summed E-state index contributed by atoms with van der Waals surface area (Å²) in [6.45, 7) is 0.0503. The summed E-state index contributed by atoms with van der Waals surface area (Å²) in [5.74, 6) is -0.159. The van der Waals surface area contributed by atoms with E-state index in [-0.39, 0.29) is 18.5 Å². The Morgan fingerprint density at radius 2 is 1.95 bits per heavy atom. The van der Waals surface area contributed by atoms with E-state index in [4.69, 9.17) is 0 Å². The molecule has 2 aromatic carbocycles. The van der Waals surface area contributed by atoms with E-state index in [0.717, 1.165) is 10.9 Å². The number of hydrogen-bond acceptors (Lipinski definition) is 3. The summed E-state index contributed by atoms with van der Waals surface area (Å²) in [4.78, 5) is 22.2. The molecule has 2 aromatic rings. The zero-order valence-corrected chi connectivity index (χ0v) is 11.4. The van der Waals surface area contributed by atoms with Crippen molar-refractivity contribution in [2.75, 3.05) is 13.6 Å². The standard InChI is InChI=1S/C16H18N2O2/c1-17-15(16(20)18-8-9-19)11-12-6-7-13-4-2-3-5-14(13)10-12/h2-7,9-10,15,17H,8,11H2,1H3,(H,18,20). The largest absolute Gasteiger partial charge is 0.348 e. The topological polar surface area (TPSA) is 58.2 Å². The molecule has 1 atom stereocenters. The quantitative estimate of drug-likeness (QED) is 0.778. The minimum Gasteiger partial charge on any atom is -0.348 e. The summed E-state index contributed by atoms with van der Waals surface area (Å²) in [5, 5.41) is 7.89. The van der Waals surface area contributed by atoms with E-state index in [0.29, 0.717) is 12.7 Å². The van der Waals surface area contributed by atoms with Crippen LogP contribution >= 0.6 is 0 Å². The van der Waals surface area contributed by atoms with Gasteiger partial charge in [0.25, 0.3) is 0 Å². The van der Waals surface area contributed by atoms with Crippen molar-refractivity contribution in [3.05, 3.63) is 48.0 Å². The van der Waals surface area contributed by atoms with Crippen molar-refractivity contribution in [3.8, 4) is 0 Å². The van der Waals surface area contributed by atoms with Crippen molar-refractivity contribution >= 4 is 23.0 Å². The third-order valence-corrected chi connectivity index (χ3v) is 3.28. The second-order valence-electron chi connectivity index (χ2n) is 4.64. The van der Waals surface area contributed by atoms with Crippen molar-refractivity contribution in [2.45, 2.75) is 12.5 Å². The van der Waals surface area contributed by atoms with Gasteiger partial charge in [-0.3, -0.25) is 4.79 Å². The monoisotopic (exact) mass is 270 g/mol. The molecule has 0 fully saturated rings. The number of hydrogen-bond donors (Lipinski definition) is 2. The second-order valence-corrected chi connectivity index (χ2v) is 4.64. The van der Waals surface area contributed by atoms with Gasteiger partial charge in [-0.1, -0.05) is 42.5 Å². The fourth-order valence-electron chi connectivity index (χ4n) is 2.19. The second kappa shape index (κ2) is 6.82. The maximum atomic E-state index is 11.9. The van der Waals surface area contributed by atoms with Crippen LogP contribution in [0.15, 0.2) is 42.5 Å². The predicted octanol–water partition coefficient (Wildman–Crippen LogP) is 1.29. The minimum absolute atomic E-state index is 0.0503. The van der Waals surface area contributed by atoms with Crippen LogP contribution in [0.1, 0.15) is 5.56 Å². The van der Waals surface area contributed by atoms with Crippen LogP contribution in [-0.2, 0) is 16.0 Å². The Labute approximate surface area is 118 Å². The first kappa shape index (κ1) is 14.2. The van der Waals surface area contributed by atoms with Crippen LogP contribution in [0.25, 0.3) is 10.8 Å². The molecule has 1 unspecified atom stereocenters. The van der Waals surface area contributed by atoms with Crippen molar-refractivity contribution in [3.63, 3.8) is 0 Å². The SMILES string of the molecule is CNC(Cc1ccc2ccccc2c1)C(=O)NCC=O. The molecule has 0 heterocycles. The fraction of sp³-hybridized carbons (Fsp3) is 0.250. The third kappa shape index (κ3) is 3.42. The van der Waals surface area contributed by atoms with Gasteiger partial charge in [0.1, 0.15) is 6.29 Å². The molecule has 0 saturated carbocycles. The summed E-state index contributed by atoms with van der Waals surface area (Å²) in [6.07, 6.45) is 1.27. The van der Waals surface area contributed by atoms with Crippen LogP contribution in [0.2, 0.25) is 0 Å². The van der Waals surface area contributed by atoms with Crippen molar-refractivity contribution in [1.29, 1.82) is 0 Å². The van der Waals surface area contributed by atoms with Gasteiger partial charge in [0.2, 0.25) is 5.91 Å². The Morgan fingerprint density at radius 1 is 1.20 bits per heavy atom. The van der Waals surface area contributed by atoms with E-state index in [1.54, 1.807) is 7.05 Å². The molecular weight excluding hydrogens is 252 g/mol. The average molecular weight is 270 g/mol. The fourth-order valence-corrected chi connectivity index (χ4v) is 2.19. The zero-order valence-electron chi connectivity index (χ0n) is 11.4. The van der Waals surface area contributed by atoms with Crippen molar-refractivity contribution < 1.29 is 9.59 Å². The number of aldehydes is 1. The van der Waals surface area contributed by atoms with Crippen LogP contribution in [0, 0.1) is 0 Å². The molecule has 0 bridgehead atoms. The summed E-state index contributed by atoms with van der Waals surface area (Å²) in [5.41, 5.74) is 1.09. The molecule has 0 aromatic heterocycles.